The van der Waals surface area contributed by atoms with E-state index in [0.29, 0.717) is 12.4 Å². The lowest BCUT2D eigenvalue weighted by Gasteiger charge is -2.09. The van der Waals surface area contributed by atoms with Crippen molar-refractivity contribution in [3.63, 3.8) is 0 Å². The van der Waals surface area contributed by atoms with Crippen LogP contribution in [0.3, 0.4) is 0 Å². The zero-order chi connectivity index (χ0) is 13.0. The molecule has 4 nitrogen and oxygen atoms in total. The number of para-hydroxylation sites is 1. The van der Waals surface area contributed by atoms with Crippen molar-refractivity contribution in [3.05, 3.63) is 45.4 Å². The van der Waals surface area contributed by atoms with Gasteiger partial charge >= 0.3 is 0 Å². The first-order chi connectivity index (χ1) is 8.70. The maximum Gasteiger partial charge on any atom is 0.168 e. The minimum atomic E-state index is 0.371. The second-order valence-electron chi connectivity index (χ2n) is 3.74. The summed E-state index contributed by atoms with van der Waals surface area (Å²) in [5.74, 6) is 2.35. The summed E-state index contributed by atoms with van der Waals surface area (Å²) in [6.07, 6.45) is 0. The predicted molar refractivity (Wildman–Crippen MR) is 79.8 cm³/mol. The molecule has 0 aliphatic carbocycles. The monoisotopic (exact) mass is 355 g/mol. The molecule has 1 aromatic carbocycles. The normalized spacial score (nSPS) is 10.2. The first-order valence-electron chi connectivity index (χ1n) is 5.59. The SMILES string of the molecule is CNc1nc(COc2ccccc2)nc(C)c1I. The van der Waals surface area contributed by atoms with Gasteiger partial charge in [0.05, 0.1) is 9.26 Å². The molecule has 0 spiro atoms. The van der Waals surface area contributed by atoms with Gasteiger partial charge in [0, 0.05) is 7.05 Å². The number of hydrogen-bond acceptors (Lipinski definition) is 4. The third kappa shape index (κ3) is 3.10. The van der Waals surface area contributed by atoms with E-state index in [9.17, 15) is 0 Å². The van der Waals surface area contributed by atoms with E-state index in [1.54, 1.807) is 0 Å². The number of ether oxygens (including phenoxy) is 1. The Bertz CT molecular complexity index is 531. The quantitative estimate of drug-likeness (QED) is 0.857. The second-order valence-corrected chi connectivity index (χ2v) is 4.82. The molecule has 0 unspecified atom stereocenters. The largest absolute Gasteiger partial charge is 0.486 e. The highest BCUT2D eigenvalue weighted by Gasteiger charge is 2.08. The Morgan fingerprint density at radius 2 is 1.94 bits per heavy atom. The Morgan fingerprint density at radius 3 is 2.61 bits per heavy atom. The van der Waals surface area contributed by atoms with Gasteiger partial charge in [-0.25, -0.2) is 9.97 Å². The Morgan fingerprint density at radius 1 is 1.22 bits per heavy atom. The Labute approximate surface area is 120 Å². The maximum absolute atomic E-state index is 5.63. The van der Waals surface area contributed by atoms with Crippen LogP contribution in [0.25, 0.3) is 0 Å². The molecule has 0 fully saturated rings. The number of aromatic nitrogens is 2. The van der Waals surface area contributed by atoms with Gasteiger partial charge in [0.1, 0.15) is 18.2 Å². The van der Waals surface area contributed by atoms with Crippen molar-refractivity contribution in [1.29, 1.82) is 0 Å². The molecule has 0 saturated heterocycles. The van der Waals surface area contributed by atoms with Crippen LogP contribution in [0.1, 0.15) is 11.5 Å². The van der Waals surface area contributed by atoms with Crippen LogP contribution in [0.4, 0.5) is 5.82 Å². The summed E-state index contributed by atoms with van der Waals surface area (Å²) >= 11 is 2.23. The van der Waals surface area contributed by atoms with Crippen LogP contribution in [0.5, 0.6) is 5.75 Å². The first-order valence-corrected chi connectivity index (χ1v) is 6.67. The van der Waals surface area contributed by atoms with Gasteiger partial charge in [-0.2, -0.15) is 0 Å². The van der Waals surface area contributed by atoms with Crippen LogP contribution in [0.15, 0.2) is 30.3 Å². The summed E-state index contributed by atoms with van der Waals surface area (Å²) in [6, 6.07) is 9.66. The molecule has 0 aliphatic heterocycles. The molecular formula is C13H14IN3O. The number of aryl methyl sites for hydroxylation is 1. The summed E-state index contributed by atoms with van der Waals surface area (Å²) in [5, 5.41) is 3.06. The molecule has 2 aromatic rings. The van der Waals surface area contributed by atoms with E-state index in [1.807, 2.05) is 44.3 Å². The van der Waals surface area contributed by atoms with E-state index < -0.39 is 0 Å². The van der Waals surface area contributed by atoms with Crippen LogP contribution in [0.2, 0.25) is 0 Å². The number of hydrogen-bond donors (Lipinski definition) is 1. The van der Waals surface area contributed by atoms with Gasteiger partial charge in [-0.3, -0.25) is 0 Å². The fraction of sp³-hybridized carbons (Fsp3) is 0.231. The predicted octanol–water partition coefficient (Wildman–Crippen LogP) is 3.01. The van der Waals surface area contributed by atoms with Crippen molar-refractivity contribution in [3.8, 4) is 5.75 Å². The van der Waals surface area contributed by atoms with E-state index >= 15 is 0 Å². The van der Waals surface area contributed by atoms with Crippen molar-refractivity contribution in [2.24, 2.45) is 0 Å². The van der Waals surface area contributed by atoms with E-state index in [4.69, 9.17) is 4.74 Å². The third-order valence-electron chi connectivity index (χ3n) is 2.41. The van der Waals surface area contributed by atoms with Crippen molar-refractivity contribution >= 4 is 28.4 Å². The number of nitrogens with one attached hydrogen (secondary N) is 1. The van der Waals surface area contributed by atoms with E-state index in [2.05, 4.69) is 37.9 Å². The molecule has 0 amide bonds. The zero-order valence-electron chi connectivity index (χ0n) is 10.3. The van der Waals surface area contributed by atoms with Gasteiger partial charge in [-0.05, 0) is 41.6 Å². The molecule has 0 aliphatic rings. The lowest BCUT2D eigenvalue weighted by Crippen LogP contribution is -2.08. The van der Waals surface area contributed by atoms with Crippen LogP contribution < -0.4 is 10.1 Å². The molecule has 1 heterocycles. The average Bonchev–Trinajstić information content (AvgIpc) is 2.41. The van der Waals surface area contributed by atoms with E-state index in [0.717, 1.165) is 20.8 Å². The van der Waals surface area contributed by atoms with Gasteiger partial charge < -0.3 is 10.1 Å². The van der Waals surface area contributed by atoms with Crippen molar-refractivity contribution < 1.29 is 4.74 Å². The number of halogens is 1. The van der Waals surface area contributed by atoms with Crippen LogP contribution >= 0.6 is 22.6 Å². The van der Waals surface area contributed by atoms with E-state index in [-0.39, 0.29) is 0 Å². The molecule has 5 heteroatoms. The number of nitrogens with zero attached hydrogens (tertiary/aromatic N) is 2. The summed E-state index contributed by atoms with van der Waals surface area (Å²) < 4.78 is 6.67. The maximum atomic E-state index is 5.63. The molecular weight excluding hydrogens is 341 g/mol. The van der Waals surface area contributed by atoms with E-state index in [1.165, 1.54) is 0 Å². The number of rotatable bonds is 4. The van der Waals surface area contributed by atoms with Crippen LogP contribution in [-0.2, 0) is 6.61 Å². The average molecular weight is 355 g/mol. The van der Waals surface area contributed by atoms with Crippen molar-refractivity contribution in [2.75, 3.05) is 12.4 Å². The summed E-state index contributed by atoms with van der Waals surface area (Å²) in [4.78, 5) is 8.82. The Hall–Kier alpha value is -1.37. The topological polar surface area (TPSA) is 47.0 Å². The minimum Gasteiger partial charge on any atom is -0.486 e. The molecule has 18 heavy (non-hydrogen) atoms. The van der Waals surface area contributed by atoms with Crippen LogP contribution in [0, 0.1) is 10.5 Å². The number of benzene rings is 1. The smallest absolute Gasteiger partial charge is 0.168 e. The van der Waals surface area contributed by atoms with Gasteiger partial charge in [0.25, 0.3) is 0 Å². The highest BCUT2D eigenvalue weighted by molar-refractivity contribution is 14.1. The van der Waals surface area contributed by atoms with Gasteiger partial charge in [-0.15, -0.1) is 0 Å². The highest BCUT2D eigenvalue weighted by atomic mass is 127. The summed E-state index contributed by atoms with van der Waals surface area (Å²) in [6.45, 7) is 2.34. The second kappa shape index (κ2) is 5.99. The minimum absolute atomic E-state index is 0.371. The summed E-state index contributed by atoms with van der Waals surface area (Å²) in [5.41, 5.74) is 0.960. The van der Waals surface area contributed by atoms with Crippen LogP contribution in [-0.4, -0.2) is 17.0 Å². The Balaban J connectivity index is 2.13. The van der Waals surface area contributed by atoms with Gasteiger partial charge in [-0.1, -0.05) is 18.2 Å². The number of anilines is 1. The molecule has 2 rings (SSSR count). The van der Waals surface area contributed by atoms with Crippen molar-refractivity contribution in [2.45, 2.75) is 13.5 Å². The lowest BCUT2D eigenvalue weighted by atomic mass is 10.3. The molecule has 1 aromatic heterocycles. The first kappa shape index (κ1) is 13.1. The lowest BCUT2D eigenvalue weighted by molar-refractivity contribution is 0.295. The highest BCUT2D eigenvalue weighted by Crippen LogP contribution is 2.18. The summed E-state index contributed by atoms with van der Waals surface area (Å²) in [7, 11) is 1.85. The van der Waals surface area contributed by atoms with Crippen molar-refractivity contribution in [1.82, 2.24) is 9.97 Å². The fourth-order valence-electron chi connectivity index (χ4n) is 1.51. The molecule has 0 atom stereocenters. The molecule has 94 valence electrons. The standard InChI is InChI=1S/C13H14IN3O/c1-9-12(14)13(15-2)17-11(16-9)8-18-10-6-4-3-5-7-10/h3-7H,8H2,1-2H3,(H,15,16,17). The zero-order valence-corrected chi connectivity index (χ0v) is 12.4. The van der Waals surface area contributed by atoms with Gasteiger partial charge in [0.15, 0.2) is 5.82 Å². The third-order valence-corrected chi connectivity index (χ3v) is 3.70. The molecule has 1 N–H and O–H groups in total. The molecule has 0 bridgehead atoms. The van der Waals surface area contributed by atoms with Gasteiger partial charge in [0.2, 0.25) is 0 Å². The molecule has 0 radical (unpaired) electrons. The Kier molecular flexibility index (Phi) is 4.35. The fourth-order valence-corrected chi connectivity index (χ4v) is 2.02. The molecule has 0 saturated carbocycles.